The highest BCUT2D eigenvalue weighted by Gasteiger charge is 2.42. The lowest BCUT2D eigenvalue weighted by Crippen LogP contribution is -2.47. The van der Waals surface area contributed by atoms with Crippen LogP contribution in [0.25, 0.3) is 0 Å². The molecule has 0 aliphatic carbocycles. The third-order valence-corrected chi connectivity index (χ3v) is 6.66. The van der Waals surface area contributed by atoms with E-state index in [1.165, 1.54) is 29.8 Å². The van der Waals surface area contributed by atoms with Gasteiger partial charge < -0.3 is 20.0 Å². The van der Waals surface area contributed by atoms with E-state index in [1.807, 2.05) is 24.3 Å². The fourth-order valence-corrected chi connectivity index (χ4v) is 5.02. The van der Waals surface area contributed by atoms with Crippen molar-refractivity contribution in [1.82, 2.24) is 4.90 Å². The van der Waals surface area contributed by atoms with Crippen LogP contribution in [0.3, 0.4) is 0 Å². The largest absolute Gasteiger partial charge is 0.372 e. The summed E-state index contributed by atoms with van der Waals surface area (Å²) in [6, 6.07) is 14.4. The Morgan fingerprint density at radius 1 is 0.906 bits per heavy atom. The van der Waals surface area contributed by atoms with Crippen LogP contribution in [0.15, 0.2) is 48.5 Å². The van der Waals surface area contributed by atoms with Gasteiger partial charge >= 0.3 is 0 Å². The maximum Gasteiger partial charge on any atom is 0.256 e. The van der Waals surface area contributed by atoms with E-state index in [2.05, 4.69) is 10.2 Å². The van der Waals surface area contributed by atoms with Crippen LogP contribution in [0.4, 0.5) is 17.1 Å². The van der Waals surface area contributed by atoms with Gasteiger partial charge in [-0.2, -0.15) is 0 Å². The molecule has 0 bridgehead atoms. The van der Waals surface area contributed by atoms with Gasteiger partial charge in [0.2, 0.25) is 11.8 Å². The van der Waals surface area contributed by atoms with Gasteiger partial charge in [-0.1, -0.05) is 12.1 Å². The van der Waals surface area contributed by atoms with Crippen molar-refractivity contribution in [1.29, 1.82) is 0 Å². The van der Waals surface area contributed by atoms with Crippen LogP contribution in [0.2, 0.25) is 0 Å². The van der Waals surface area contributed by atoms with Crippen LogP contribution >= 0.6 is 0 Å². The van der Waals surface area contributed by atoms with E-state index in [4.69, 9.17) is 0 Å². The minimum Gasteiger partial charge on any atom is -0.372 e. The van der Waals surface area contributed by atoms with Crippen molar-refractivity contribution in [2.75, 3.05) is 41.3 Å². The second-order valence-corrected chi connectivity index (χ2v) is 8.74. The number of benzene rings is 2. The minimum absolute atomic E-state index is 0.124. The predicted molar refractivity (Wildman–Crippen MR) is 124 cm³/mol. The first-order valence-electron chi connectivity index (χ1n) is 11.5. The third kappa shape index (κ3) is 3.83. The maximum atomic E-state index is 13.3. The number of carbonyl (C=O) groups is 3. The van der Waals surface area contributed by atoms with E-state index < -0.39 is 6.04 Å². The van der Waals surface area contributed by atoms with Gasteiger partial charge in [0, 0.05) is 31.0 Å². The Bertz CT molecular complexity index is 1030. The first-order chi connectivity index (χ1) is 15.6. The molecule has 0 unspecified atom stereocenters. The lowest BCUT2D eigenvalue weighted by Gasteiger charge is -2.29. The number of carbonyl (C=O) groups excluding carboxylic acids is 3. The molecule has 1 N–H and O–H groups in total. The monoisotopic (exact) mass is 432 g/mol. The molecule has 2 fully saturated rings. The molecule has 3 heterocycles. The molecule has 3 amide bonds. The lowest BCUT2D eigenvalue weighted by atomic mass is 10.1. The third-order valence-electron chi connectivity index (χ3n) is 6.66. The van der Waals surface area contributed by atoms with Gasteiger partial charge in [0.05, 0.1) is 11.3 Å². The number of rotatable bonds is 4. The van der Waals surface area contributed by atoms with Crippen molar-refractivity contribution in [2.24, 2.45) is 0 Å². The van der Waals surface area contributed by atoms with Gasteiger partial charge in [0.15, 0.2) is 0 Å². The van der Waals surface area contributed by atoms with E-state index in [-0.39, 0.29) is 24.3 Å². The van der Waals surface area contributed by atoms with Crippen molar-refractivity contribution in [3.63, 3.8) is 0 Å². The number of anilines is 3. The van der Waals surface area contributed by atoms with E-state index in [1.54, 1.807) is 29.2 Å². The Kier molecular flexibility index (Phi) is 5.55. The van der Waals surface area contributed by atoms with Gasteiger partial charge in [0.1, 0.15) is 12.6 Å². The molecule has 2 aromatic rings. The molecule has 1 atom stereocenters. The quantitative estimate of drug-likeness (QED) is 0.805. The lowest BCUT2D eigenvalue weighted by molar-refractivity contribution is -0.124. The normalized spacial score (nSPS) is 20.6. The summed E-state index contributed by atoms with van der Waals surface area (Å²) in [6.45, 7) is 2.59. The van der Waals surface area contributed by atoms with Crippen LogP contribution in [-0.2, 0) is 9.59 Å². The van der Waals surface area contributed by atoms with Crippen molar-refractivity contribution >= 4 is 34.8 Å². The molecule has 166 valence electrons. The number of amides is 3. The fraction of sp³-hybridized carbons (Fsp3) is 0.400. The average molecular weight is 433 g/mol. The molecule has 2 saturated heterocycles. The molecule has 0 aromatic heterocycles. The Morgan fingerprint density at radius 2 is 1.66 bits per heavy atom. The number of para-hydroxylation sites is 1. The summed E-state index contributed by atoms with van der Waals surface area (Å²) >= 11 is 0. The van der Waals surface area contributed by atoms with E-state index >= 15 is 0 Å². The van der Waals surface area contributed by atoms with E-state index in [0.717, 1.165) is 19.5 Å². The summed E-state index contributed by atoms with van der Waals surface area (Å²) in [5.41, 5.74) is 2.85. The topological polar surface area (TPSA) is 73.0 Å². The zero-order chi connectivity index (χ0) is 22.1. The highest BCUT2D eigenvalue weighted by molar-refractivity contribution is 6.13. The highest BCUT2D eigenvalue weighted by Crippen LogP contribution is 2.32. The first kappa shape index (κ1) is 20.5. The van der Waals surface area contributed by atoms with Crippen LogP contribution < -0.4 is 15.1 Å². The zero-order valence-corrected chi connectivity index (χ0v) is 18.1. The second-order valence-electron chi connectivity index (χ2n) is 8.74. The summed E-state index contributed by atoms with van der Waals surface area (Å²) in [7, 11) is 0. The summed E-state index contributed by atoms with van der Waals surface area (Å²) in [5.74, 6) is -0.596. The molecule has 5 rings (SSSR count). The molecule has 7 nitrogen and oxygen atoms in total. The van der Waals surface area contributed by atoms with Gasteiger partial charge in [-0.05, 0) is 68.5 Å². The number of nitrogens with zero attached hydrogens (tertiary/aromatic N) is 3. The van der Waals surface area contributed by atoms with Crippen LogP contribution in [-0.4, -0.2) is 54.8 Å². The average Bonchev–Trinajstić information content (AvgIpc) is 3.30. The van der Waals surface area contributed by atoms with E-state index in [0.29, 0.717) is 29.9 Å². The number of fused-ring (bicyclic) bond motifs is 2. The molecule has 0 radical (unpaired) electrons. The molecular formula is C25H28N4O3. The SMILES string of the molecule is O=C(CN1C(=O)[C@H]2CCCN2C(=O)c2ccccc21)Nc1ccc(N2CCCCC2)cc1. The van der Waals surface area contributed by atoms with Crippen LogP contribution in [0.5, 0.6) is 0 Å². The standard InChI is InChI=1S/C25H28N4O3/c30-23(26-18-10-12-19(13-11-18)27-14-4-1-5-15-27)17-29-21-8-3-2-7-20(21)24(31)28-16-6-9-22(28)25(29)32/h2-3,7-8,10-13,22H,1,4-6,9,14-17H2,(H,26,30)/t22-/m1/s1. The highest BCUT2D eigenvalue weighted by atomic mass is 16.2. The Labute approximate surface area is 188 Å². The number of hydrogen-bond donors (Lipinski definition) is 1. The van der Waals surface area contributed by atoms with Crippen LogP contribution in [0.1, 0.15) is 42.5 Å². The van der Waals surface area contributed by atoms with Crippen molar-refractivity contribution in [3.8, 4) is 0 Å². The Hall–Kier alpha value is -3.35. The molecule has 2 aromatic carbocycles. The number of hydrogen-bond acceptors (Lipinski definition) is 4. The predicted octanol–water partition coefficient (Wildman–Crippen LogP) is 3.27. The minimum atomic E-state index is -0.494. The second kappa shape index (κ2) is 8.65. The van der Waals surface area contributed by atoms with Crippen LogP contribution in [0, 0.1) is 0 Å². The fourth-order valence-electron chi connectivity index (χ4n) is 5.02. The van der Waals surface area contributed by atoms with Crippen molar-refractivity contribution < 1.29 is 14.4 Å². The smallest absolute Gasteiger partial charge is 0.256 e. The molecule has 0 saturated carbocycles. The zero-order valence-electron chi connectivity index (χ0n) is 18.1. The maximum absolute atomic E-state index is 13.3. The molecule has 3 aliphatic rings. The first-order valence-corrected chi connectivity index (χ1v) is 11.5. The summed E-state index contributed by atoms with van der Waals surface area (Å²) in [6.07, 6.45) is 5.14. The Balaban J connectivity index is 1.32. The molecular weight excluding hydrogens is 404 g/mol. The molecule has 32 heavy (non-hydrogen) atoms. The summed E-state index contributed by atoms with van der Waals surface area (Å²) < 4.78 is 0. The molecule has 3 aliphatic heterocycles. The number of piperidine rings is 1. The van der Waals surface area contributed by atoms with Gasteiger partial charge in [-0.3, -0.25) is 14.4 Å². The molecule has 7 heteroatoms. The summed E-state index contributed by atoms with van der Waals surface area (Å²) in [5, 5.41) is 2.91. The van der Waals surface area contributed by atoms with Crippen molar-refractivity contribution in [3.05, 3.63) is 54.1 Å². The Morgan fingerprint density at radius 3 is 2.44 bits per heavy atom. The number of nitrogens with one attached hydrogen (secondary N) is 1. The summed E-state index contributed by atoms with van der Waals surface area (Å²) in [4.78, 5) is 44.7. The van der Waals surface area contributed by atoms with Crippen molar-refractivity contribution in [2.45, 2.75) is 38.1 Å². The van der Waals surface area contributed by atoms with Gasteiger partial charge in [-0.15, -0.1) is 0 Å². The van der Waals surface area contributed by atoms with Gasteiger partial charge in [0.25, 0.3) is 5.91 Å². The van der Waals surface area contributed by atoms with E-state index in [9.17, 15) is 14.4 Å². The van der Waals surface area contributed by atoms with Gasteiger partial charge in [-0.25, -0.2) is 0 Å². The molecule has 0 spiro atoms.